The molecule has 0 radical (unpaired) electrons. The Balaban J connectivity index is 1.78. The molecule has 0 aliphatic carbocycles. The number of H-pyrrole nitrogens is 1. The molecule has 1 aromatic carbocycles. The molecule has 2 heterocycles. The fourth-order valence-corrected chi connectivity index (χ4v) is 3.47. The van der Waals surface area contributed by atoms with Crippen LogP contribution in [0.3, 0.4) is 0 Å². The molecule has 5 nitrogen and oxygen atoms in total. The number of amides is 1. The zero-order valence-corrected chi connectivity index (χ0v) is 14.7. The van der Waals surface area contributed by atoms with Gasteiger partial charge in [-0.25, -0.2) is 0 Å². The number of hydrogen-bond donors (Lipinski definition) is 1. The van der Waals surface area contributed by atoms with Gasteiger partial charge in [0.05, 0.1) is 5.52 Å². The minimum Gasteiger partial charge on any atom is -0.340 e. The molecule has 1 saturated heterocycles. The maximum Gasteiger partial charge on any atom is 0.252 e. The maximum absolute atomic E-state index is 12.4. The standard InChI is InChI=1S/C19H25N3O2/c1-4-17(23)22-7-5-21(6-8-22)12-16-11-15-10-13(2)9-14(3)18(15)20-19(16)24/h9-11H,4-8,12H2,1-3H3,(H,20,24). The number of nitrogens with zero attached hydrogens (tertiary/aromatic N) is 2. The second-order valence-corrected chi connectivity index (χ2v) is 6.68. The van der Waals surface area contributed by atoms with Crippen LogP contribution in [0.4, 0.5) is 0 Å². The molecule has 5 heteroatoms. The van der Waals surface area contributed by atoms with Crippen molar-refractivity contribution in [3.05, 3.63) is 45.2 Å². The Morgan fingerprint density at radius 3 is 2.50 bits per heavy atom. The second-order valence-electron chi connectivity index (χ2n) is 6.68. The van der Waals surface area contributed by atoms with E-state index in [4.69, 9.17) is 0 Å². The average molecular weight is 327 g/mol. The van der Waals surface area contributed by atoms with Crippen LogP contribution in [0.25, 0.3) is 10.9 Å². The summed E-state index contributed by atoms with van der Waals surface area (Å²) in [6.45, 7) is 9.74. The highest BCUT2D eigenvalue weighted by molar-refractivity contribution is 5.82. The summed E-state index contributed by atoms with van der Waals surface area (Å²) in [5.41, 5.74) is 4.00. The summed E-state index contributed by atoms with van der Waals surface area (Å²) in [6, 6.07) is 6.21. The molecule has 1 aliphatic rings. The van der Waals surface area contributed by atoms with Gasteiger partial charge in [0.25, 0.3) is 5.56 Å². The minimum absolute atomic E-state index is 0.0125. The van der Waals surface area contributed by atoms with Gasteiger partial charge in [-0.3, -0.25) is 14.5 Å². The number of fused-ring (bicyclic) bond motifs is 1. The number of aromatic nitrogens is 1. The van der Waals surface area contributed by atoms with E-state index in [0.29, 0.717) is 13.0 Å². The lowest BCUT2D eigenvalue weighted by Gasteiger charge is -2.34. The molecule has 0 unspecified atom stereocenters. The van der Waals surface area contributed by atoms with Crippen molar-refractivity contribution in [3.8, 4) is 0 Å². The second kappa shape index (κ2) is 6.77. The lowest BCUT2D eigenvalue weighted by molar-refractivity contribution is -0.132. The van der Waals surface area contributed by atoms with Gasteiger partial charge in [0.1, 0.15) is 0 Å². The zero-order valence-electron chi connectivity index (χ0n) is 14.7. The summed E-state index contributed by atoms with van der Waals surface area (Å²) in [6.07, 6.45) is 0.559. The molecule has 1 aliphatic heterocycles. The van der Waals surface area contributed by atoms with Crippen LogP contribution in [-0.4, -0.2) is 46.9 Å². The summed E-state index contributed by atoms with van der Waals surface area (Å²) in [5, 5.41) is 1.09. The number of piperazine rings is 1. The van der Waals surface area contributed by atoms with Crippen molar-refractivity contribution in [2.75, 3.05) is 26.2 Å². The van der Waals surface area contributed by atoms with E-state index in [1.807, 2.05) is 24.8 Å². The Hall–Kier alpha value is -2.14. The summed E-state index contributed by atoms with van der Waals surface area (Å²) < 4.78 is 0. The molecule has 24 heavy (non-hydrogen) atoms. The summed E-state index contributed by atoms with van der Waals surface area (Å²) >= 11 is 0. The lowest BCUT2D eigenvalue weighted by atomic mass is 10.0. The molecule has 2 aromatic rings. The smallest absolute Gasteiger partial charge is 0.252 e. The molecule has 1 amide bonds. The number of pyridine rings is 1. The Kier molecular flexibility index (Phi) is 4.71. The SMILES string of the molecule is CCC(=O)N1CCN(Cc2cc3cc(C)cc(C)c3[nH]c2=O)CC1. The van der Waals surface area contributed by atoms with E-state index in [9.17, 15) is 9.59 Å². The third-order valence-electron chi connectivity index (χ3n) is 4.79. The van der Waals surface area contributed by atoms with E-state index in [2.05, 4.69) is 28.9 Å². The van der Waals surface area contributed by atoms with Crippen molar-refractivity contribution < 1.29 is 4.79 Å². The Morgan fingerprint density at radius 1 is 1.12 bits per heavy atom. The van der Waals surface area contributed by atoms with Gasteiger partial charge >= 0.3 is 0 Å². The number of aromatic amines is 1. The van der Waals surface area contributed by atoms with E-state index in [1.165, 1.54) is 5.56 Å². The Bertz CT molecular complexity index is 817. The van der Waals surface area contributed by atoms with Crippen LogP contribution in [0.5, 0.6) is 0 Å². The first-order chi connectivity index (χ1) is 11.5. The van der Waals surface area contributed by atoms with Crippen molar-refractivity contribution in [2.45, 2.75) is 33.7 Å². The van der Waals surface area contributed by atoms with Gasteiger partial charge in [0.2, 0.25) is 5.91 Å². The van der Waals surface area contributed by atoms with E-state index < -0.39 is 0 Å². The van der Waals surface area contributed by atoms with Gasteiger partial charge in [-0.1, -0.05) is 18.6 Å². The van der Waals surface area contributed by atoms with E-state index >= 15 is 0 Å². The van der Waals surface area contributed by atoms with Gasteiger partial charge in [0.15, 0.2) is 0 Å². The van der Waals surface area contributed by atoms with Crippen LogP contribution in [0.1, 0.15) is 30.0 Å². The van der Waals surface area contributed by atoms with E-state index in [1.54, 1.807) is 0 Å². The largest absolute Gasteiger partial charge is 0.340 e. The van der Waals surface area contributed by atoms with Crippen LogP contribution in [0.15, 0.2) is 23.0 Å². The number of benzene rings is 1. The highest BCUT2D eigenvalue weighted by Crippen LogP contribution is 2.18. The van der Waals surface area contributed by atoms with Crippen LogP contribution < -0.4 is 5.56 Å². The normalized spacial score (nSPS) is 15.9. The molecule has 128 valence electrons. The molecular formula is C19H25N3O2. The molecule has 1 fully saturated rings. The zero-order chi connectivity index (χ0) is 17.3. The fourth-order valence-electron chi connectivity index (χ4n) is 3.47. The predicted octanol–water partition coefficient (Wildman–Crippen LogP) is 2.20. The first-order valence-electron chi connectivity index (χ1n) is 8.61. The molecule has 0 spiro atoms. The lowest BCUT2D eigenvalue weighted by Crippen LogP contribution is -2.48. The van der Waals surface area contributed by atoms with E-state index in [0.717, 1.165) is 48.2 Å². The summed E-state index contributed by atoms with van der Waals surface area (Å²) in [5.74, 6) is 0.212. The predicted molar refractivity (Wildman–Crippen MR) is 96.2 cm³/mol. The third kappa shape index (κ3) is 3.36. The summed E-state index contributed by atoms with van der Waals surface area (Å²) in [4.78, 5) is 31.4. The molecule has 3 rings (SSSR count). The van der Waals surface area contributed by atoms with Crippen molar-refractivity contribution in [2.24, 2.45) is 0 Å². The highest BCUT2D eigenvalue weighted by Gasteiger charge is 2.20. The van der Waals surface area contributed by atoms with Crippen molar-refractivity contribution in [1.29, 1.82) is 0 Å². The average Bonchev–Trinajstić information content (AvgIpc) is 2.56. The monoisotopic (exact) mass is 327 g/mol. The fraction of sp³-hybridized carbons (Fsp3) is 0.474. The number of hydrogen-bond acceptors (Lipinski definition) is 3. The van der Waals surface area contributed by atoms with Gasteiger partial charge in [0, 0.05) is 44.7 Å². The molecule has 0 atom stereocenters. The van der Waals surface area contributed by atoms with Crippen molar-refractivity contribution >= 4 is 16.8 Å². The minimum atomic E-state index is -0.0125. The Morgan fingerprint density at radius 2 is 1.83 bits per heavy atom. The number of carbonyl (C=O) groups is 1. The maximum atomic E-state index is 12.4. The van der Waals surface area contributed by atoms with Crippen LogP contribution in [-0.2, 0) is 11.3 Å². The van der Waals surface area contributed by atoms with Crippen LogP contribution in [0, 0.1) is 13.8 Å². The van der Waals surface area contributed by atoms with Gasteiger partial charge in [-0.2, -0.15) is 0 Å². The Labute approximate surface area is 142 Å². The van der Waals surface area contributed by atoms with Crippen LogP contribution in [0.2, 0.25) is 0 Å². The van der Waals surface area contributed by atoms with Crippen LogP contribution >= 0.6 is 0 Å². The van der Waals surface area contributed by atoms with Gasteiger partial charge in [-0.05, 0) is 36.9 Å². The molecule has 1 aromatic heterocycles. The van der Waals surface area contributed by atoms with Crippen molar-refractivity contribution in [1.82, 2.24) is 14.8 Å². The third-order valence-corrected chi connectivity index (χ3v) is 4.79. The first kappa shape index (κ1) is 16.7. The first-order valence-corrected chi connectivity index (χ1v) is 8.61. The topological polar surface area (TPSA) is 56.4 Å². The summed E-state index contributed by atoms with van der Waals surface area (Å²) in [7, 11) is 0. The number of rotatable bonds is 3. The number of carbonyl (C=O) groups excluding carboxylic acids is 1. The van der Waals surface area contributed by atoms with Gasteiger partial charge in [-0.15, -0.1) is 0 Å². The highest BCUT2D eigenvalue weighted by atomic mass is 16.2. The molecule has 1 N–H and O–H groups in total. The molecule has 0 saturated carbocycles. The van der Waals surface area contributed by atoms with Gasteiger partial charge < -0.3 is 9.88 Å². The number of aryl methyl sites for hydroxylation is 2. The van der Waals surface area contributed by atoms with E-state index in [-0.39, 0.29) is 11.5 Å². The number of nitrogens with one attached hydrogen (secondary N) is 1. The molecular weight excluding hydrogens is 302 g/mol. The quantitative estimate of drug-likeness (QED) is 0.940. The van der Waals surface area contributed by atoms with Crippen molar-refractivity contribution in [3.63, 3.8) is 0 Å². The molecule has 0 bridgehead atoms.